The summed E-state index contributed by atoms with van der Waals surface area (Å²) >= 11 is 5.83. The Labute approximate surface area is 114 Å². The molecule has 1 rings (SSSR count). The molecule has 0 aliphatic heterocycles. The van der Waals surface area contributed by atoms with Crippen LogP contribution in [0.25, 0.3) is 0 Å². The first kappa shape index (κ1) is 15.0. The van der Waals surface area contributed by atoms with Crippen molar-refractivity contribution in [1.82, 2.24) is 4.90 Å². The van der Waals surface area contributed by atoms with Crippen molar-refractivity contribution < 1.29 is 4.79 Å². The second kappa shape index (κ2) is 7.39. The Morgan fingerprint density at radius 1 is 1.39 bits per heavy atom. The van der Waals surface area contributed by atoms with Crippen LogP contribution in [0.15, 0.2) is 24.3 Å². The van der Waals surface area contributed by atoms with Crippen molar-refractivity contribution in [3.8, 4) is 0 Å². The summed E-state index contributed by atoms with van der Waals surface area (Å²) in [7, 11) is 1.83. The summed E-state index contributed by atoms with van der Waals surface area (Å²) in [4.78, 5) is 13.8. The quantitative estimate of drug-likeness (QED) is 0.861. The maximum absolute atomic E-state index is 12.0. The van der Waals surface area contributed by atoms with Crippen molar-refractivity contribution in [3.05, 3.63) is 34.9 Å². The zero-order valence-electron chi connectivity index (χ0n) is 11.0. The molecule has 0 saturated heterocycles. The molecule has 1 amide bonds. The molecule has 3 nitrogen and oxygen atoms in total. The molecule has 0 bridgehead atoms. The van der Waals surface area contributed by atoms with Crippen LogP contribution in [-0.4, -0.2) is 30.9 Å². The van der Waals surface area contributed by atoms with E-state index in [1.807, 2.05) is 38.2 Å². The average Bonchev–Trinajstić information content (AvgIpc) is 2.39. The summed E-state index contributed by atoms with van der Waals surface area (Å²) in [6.07, 6.45) is 1.63. The Kier molecular flexibility index (Phi) is 6.16. The molecule has 0 fully saturated rings. The summed E-state index contributed by atoms with van der Waals surface area (Å²) < 4.78 is 0. The highest BCUT2D eigenvalue weighted by Gasteiger charge is 2.18. The van der Waals surface area contributed by atoms with Crippen LogP contribution >= 0.6 is 11.6 Å². The van der Waals surface area contributed by atoms with Crippen molar-refractivity contribution in [2.75, 3.05) is 20.1 Å². The minimum atomic E-state index is -0.0554. The number of nitrogens with zero attached hydrogens (tertiary/aromatic N) is 1. The maximum Gasteiger partial charge on any atom is 0.226 e. The van der Waals surface area contributed by atoms with Crippen molar-refractivity contribution in [3.63, 3.8) is 0 Å². The molecule has 1 atom stereocenters. The van der Waals surface area contributed by atoms with Crippen LogP contribution in [0.1, 0.15) is 18.9 Å². The molecule has 1 aromatic rings. The number of benzene rings is 1. The Hall–Kier alpha value is -1.06. The van der Waals surface area contributed by atoms with Gasteiger partial charge in [0.2, 0.25) is 5.91 Å². The van der Waals surface area contributed by atoms with Gasteiger partial charge in [-0.05, 0) is 30.5 Å². The molecule has 0 aliphatic rings. The monoisotopic (exact) mass is 268 g/mol. The lowest BCUT2D eigenvalue weighted by molar-refractivity contribution is -0.133. The van der Waals surface area contributed by atoms with Crippen molar-refractivity contribution >= 4 is 17.5 Å². The van der Waals surface area contributed by atoms with Gasteiger partial charge in [0.15, 0.2) is 0 Å². The fraction of sp³-hybridized carbons (Fsp3) is 0.500. The number of rotatable bonds is 6. The van der Waals surface area contributed by atoms with E-state index in [1.165, 1.54) is 5.56 Å². The van der Waals surface area contributed by atoms with Crippen LogP contribution in [0.3, 0.4) is 0 Å². The summed E-state index contributed by atoms with van der Waals surface area (Å²) in [5, 5.41) is 0.734. The number of amides is 1. The molecule has 0 saturated carbocycles. The Morgan fingerprint density at radius 3 is 2.50 bits per heavy atom. The summed E-state index contributed by atoms with van der Waals surface area (Å²) in [6, 6.07) is 7.71. The highest BCUT2D eigenvalue weighted by atomic mass is 35.5. The zero-order valence-corrected chi connectivity index (χ0v) is 11.8. The average molecular weight is 269 g/mol. The van der Waals surface area contributed by atoms with Crippen LogP contribution in [-0.2, 0) is 11.2 Å². The highest BCUT2D eigenvalue weighted by Crippen LogP contribution is 2.11. The number of likely N-dealkylation sites (N-methyl/N-ethyl adjacent to an activating group) is 1. The van der Waals surface area contributed by atoms with Gasteiger partial charge in [-0.3, -0.25) is 4.79 Å². The summed E-state index contributed by atoms with van der Waals surface area (Å²) in [5.74, 6) is 0.0779. The molecular weight excluding hydrogens is 248 g/mol. The summed E-state index contributed by atoms with van der Waals surface area (Å²) in [6.45, 7) is 3.11. The number of hydrogen-bond donors (Lipinski definition) is 1. The van der Waals surface area contributed by atoms with E-state index >= 15 is 0 Å². The van der Waals surface area contributed by atoms with Crippen molar-refractivity contribution in [2.24, 2.45) is 11.7 Å². The Morgan fingerprint density at radius 2 is 2.00 bits per heavy atom. The van der Waals surface area contributed by atoms with Crippen LogP contribution in [0.4, 0.5) is 0 Å². The molecule has 1 unspecified atom stereocenters. The standard InChI is InChI=1S/C14H21ClN2O/c1-3-12(10-16)14(18)17(2)9-8-11-4-6-13(15)7-5-11/h4-7,12H,3,8-10,16H2,1-2H3. The largest absolute Gasteiger partial charge is 0.345 e. The lowest BCUT2D eigenvalue weighted by Gasteiger charge is -2.22. The second-order valence-electron chi connectivity index (χ2n) is 4.48. The van der Waals surface area contributed by atoms with E-state index in [-0.39, 0.29) is 11.8 Å². The molecule has 100 valence electrons. The minimum Gasteiger partial charge on any atom is -0.345 e. The van der Waals surface area contributed by atoms with E-state index in [1.54, 1.807) is 4.90 Å². The lowest BCUT2D eigenvalue weighted by Crippen LogP contribution is -2.37. The minimum absolute atomic E-state index is 0.0554. The van der Waals surface area contributed by atoms with Gasteiger partial charge in [0.05, 0.1) is 5.92 Å². The third kappa shape index (κ3) is 4.31. The van der Waals surface area contributed by atoms with Gasteiger partial charge in [0.25, 0.3) is 0 Å². The number of hydrogen-bond acceptors (Lipinski definition) is 2. The van der Waals surface area contributed by atoms with Crippen LogP contribution < -0.4 is 5.73 Å². The first-order valence-electron chi connectivity index (χ1n) is 6.28. The zero-order chi connectivity index (χ0) is 13.5. The van der Waals surface area contributed by atoms with E-state index in [0.717, 1.165) is 17.9 Å². The first-order valence-corrected chi connectivity index (χ1v) is 6.65. The van der Waals surface area contributed by atoms with Crippen molar-refractivity contribution in [2.45, 2.75) is 19.8 Å². The van der Waals surface area contributed by atoms with Gasteiger partial charge in [-0.1, -0.05) is 30.7 Å². The van der Waals surface area contributed by atoms with Gasteiger partial charge in [-0.25, -0.2) is 0 Å². The third-order valence-electron chi connectivity index (χ3n) is 3.15. The predicted molar refractivity (Wildman–Crippen MR) is 75.6 cm³/mol. The van der Waals surface area contributed by atoms with E-state index in [9.17, 15) is 4.79 Å². The normalized spacial score (nSPS) is 12.2. The lowest BCUT2D eigenvalue weighted by atomic mass is 10.1. The molecule has 18 heavy (non-hydrogen) atoms. The third-order valence-corrected chi connectivity index (χ3v) is 3.40. The summed E-state index contributed by atoms with van der Waals surface area (Å²) in [5.41, 5.74) is 6.76. The maximum atomic E-state index is 12.0. The smallest absolute Gasteiger partial charge is 0.226 e. The fourth-order valence-electron chi connectivity index (χ4n) is 1.81. The molecule has 0 heterocycles. The van der Waals surface area contributed by atoms with E-state index in [0.29, 0.717) is 13.1 Å². The van der Waals surface area contributed by atoms with E-state index in [4.69, 9.17) is 17.3 Å². The van der Waals surface area contributed by atoms with E-state index < -0.39 is 0 Å². The number of carbonyl (C=O) groups is 1. The number of carbonyl (C=O) groups excluding carboxylic acids is 1. The second-order valence-corrected chi connectivity index (χ2v) is 4.91. The van der Waals surface area contributed by atoms with Crippen LogP contribution in [0.2, 0.25) is 5.02 Å². The molecule has 0 aromatic heterocycles. The van der Waals surface area contributed by atoms with Crippen LogP contribution in [0.5, 0.6) is 0 Å². The van der Waals surface area contributed by atoms with Gasteiger partial charge in [0, 0.05) is 25.2 Å². The topological polar surface area (TPSA) is 46.3 Å². The molecule has 1 aromatic carbocycles. The molecule has 0 radical (unpaired) electrons. The van der Waals surface area contributed by atoms with Gasteiger partial charge in [-0.15, -0.1) is 0 Å². The van der Waals surface area contributed by atoms with Crippen LogP contribution in [0, 0.1) is 5.92 Å². The SMILES string of the molecule is CCC(CN)C(=O)N(C)CCc1ccc(Cl)cc1. The van der Waals surface area contributed by atoms with Crippen molar-refractivity contribution in [1.29, 1.82) is 0 Å². The first-order chi connectivity index (χ1) is 8.58. The Bertz CT molecular complexity index is 374. The Balaban J connectivity index is 2.47. The molecule has 4 heteroatoms. The fourth-order valence-corrected chi connectivity index (χ4v) is 1.94. The molecule has 0 spiro atoms. The van der Waals surface area contributed by atoms with E-state index in [2.05, 4.69) is 0 Å². The molecule has 0 aliphatic carbocycles. The van der Waals surface area contributed by atoms with Gasteiger partial charge in [0.1, 0.15) is 0 Å². The van der Waals surface area contributed by atoms with Gasteiger partial charge < -0.3 is 10.6 Å². The molecule has 2 N–H and O–H groups in total. The molecular formula is C14H21ClN2O. The highest BCUT2D eigenvalue weighted by molar-refractivity contribution is 6.30. The van der Waals surface area contributed by atoms with Gasteiger partial charge in [-0.2, -0.15) is 0 Å². The predicted octanol–water partition coefficient (Wildman–Crippen LogP) is 2.33. The van der Waals surface area contributed by atoms with Gasteiger partial charge >= 0.3 is 0 Å². The number of nitrogens with two attached hydrogens (primary N) is 1. The number of halogens is 1.